The molecule has 1 N–H and O–H groups in total. The average Bonchev–Trinajstić information content (AvgIpc) is 3.00. The summed E-state index contributed by atoms with van der Waals surface area (Å²) in [5, 5.41) is 4.73. The summed E-state index contributed by atoms with van der Waals surface area (Å²) in [6.07, 6.45) is 4.52. The van der Waals surface area contributed by atoms with Gasteiger partial charge in [-0.15, -0.1) is 0 Å². The van der Waals surface area contributed by atoms with Gasteiger partial charge in [0.2, 0.25) is 0 Å². The van der Waals surface area contributed by atoms with Crippen LogP contribution in [-0.4, -0.2) is 11.5 Å². The lowest BCUT2D eigenvalue weighted by atomic mass is 9.96. The highest BCUT2D eigenvalue weighted by Crippen LogP contribution is 2.30. The molecule has 0 fully saturated rings. The number of furan rings is 1. The highest BCUT2D eigenvalue weighted by molar-refractivity contribution is 5.82. The number of nitrogens with zero attached hydrogens (tertiary/aromatic N) is 1. The fourth-order valence-corrected chi connectivity index (χ4v) is 2.85. The van der Waals surface area contributed by atoms with Gasteiger partial charge in [-0.2, -0.15) is 0 Å². The van der Waals surface area contributed by atoms with Gasteiger partial charge in [0.25, 0.3) is 0 Å². The number of pyridine rings is 1. The second-order valence-corrected chi connectivity index (χ2v) is 5.07. The first-order valence-corrected chi connectivity index (χ1v) is 7.48. The maximum atomic E-state index is 5.61. The molecule has 108 valence electrons. The molecule has 1 atom stereocenters. The van der Waals surface area contributed by atoms with Crippen LogP contribution in [0.25, 0.3) is 10.9 Å². The zero-order chi connectivity index (χ0) is 14.7. The monoisotopic (exact) mass is 280 g/mol. The van der Waals surface area contributed by atoms with Crippen molar-refractivity contribution in [3.8, 4) is 0 Å². The Morgan fingerprint density at radius 2 is 1.95 bits per heavy atom. The second-order valence-electron chi connectivity index (χ2n) is 5.07. The lowest BCUT2D eigenvalue weighted by molar-refractivity contribution is 0.502. The molecule has 3 aromatic rings. The number of aryl methyl sites for hydroxylation is 1. The van der Waals surface area contributed by atoms with Crippen molar-refractivity contribution in [2.24, 2.45) is 0 Å². The molecule has 21 heavy (non-hydrogen) atoms. The molecule has 0 saturated heterocycles. The van der Waals surface area contributed by atoms with E-state index in [4.69, 9.17) is 4.42 Å². The number of benzene rings is 1. The van der Waals surface area contributed by atoms with E-state index in [9.17, 15) is 0 Å². The lowest BCUT2D eigenvalue weighted by Gasteiger charge is -2.19. The molecule has 0 aliphatic rings. The molecule has 0 bridgehead atoms. The van der Waals surface area contributed by atoms with Crippen LogP contribution in [0.2, 0.25) is 0 Å². The van der Waals surface area contributed by atoms with Gasteiger partial charge in [-0.1, -0.05) is 38.1 Å². The third-order valence-electron chi connectivity index (χ3n) is 3.80. The summed E-state index contributed by atoms with van der Waals surface area (Å²) < 4.78 is 5.61. The molecular formula is C18H20N2O. The molecular weight excluding hydrogens is 260 g/mol. The normalized spacial score (nSPS) is 12.7. The van der Waals surface area contributed by atoms with Crippen LogP contribution in [0.15, 0.2) is 53.3 Å². The van der Waals surface area contributed by atoms with Crippen LogP contribution in [0.3, 0.4) is 0 Å². The van der Waals surface area contributed by atoms with E-state index in [0.717, 1.165) is 24.2 Å². The minimum atomic E-state index is 0.113. The van der Waals surface area contributed by atoms with E-state index < -0.39 is 0 Å². The van der Waals surface area contributed by atoms with Crippen molar-refractivity contribution in [3.05, 3.63) is 65.7 Å². The van der Waals surface area contributed by atoms with Gasteiger partial charge in [0.1, 0.15) is 5.76 Å². The van der Waals surface area contributed by atoms with Crippen molar-refractivity contribution in [1.29, 1.82) is 0 Å². The molecule has 0 amide bonds. The highest BCUT2D eigenvalue weighted by Gasteiger charge is 2.20. The van der Waals surface area contributed by atoms with E-state index in [1.165, 1.54) is 16.5 Å². The number of para-hydroxylation sites is 1. The molecule has 3 nitrogen and oxygen atoms in total. The van der Waals surface area contributed by atoms with E-state index in [0.29, 0.717) is 0 Å². The number of hydrogen-bond acceptors (Lipinski definition) is 3. The predicted molar refractivity (Wildman–Crippen MR) is 85.3 cm³/mol. The van der Waals surface area contributed by atoms with Gasteiger partial charge in [-0.3, -0.25) is 4.98 Å². The Morgan fingerprint density at radius 1 is 1.10 bits per heavy atom. The molecule has 3 rings (SSSR count). The molecule has 0 aliphatic heterocycles. The summed E-state index contributed by atoms with van der Waals surface area (Å²) >= 11 is 0. The number of hydrogen-bond donors (Lipinski definition) is 1. The summed E-state index contributed by atoms with van der Waals surface area (Å²) in [4.78, 5) is 4.58. The Balaban J connectivity index is 2.16. The summed E-state index contributed by atoms with van der Waals surface area (Å²) in [5.74, 6) is 1.04. The zero-order valence-electron chi connectivity index (χ0n) is 12.5. The molecule has 1 aromatic carbocycles. The van der Waals surface area contributed by atoms with E-state index >= 15 is 0 Å². The second kappa shape index (κ2) is 6.10. The number of rotatable bonds is 5. The Bertz CT molecular complexity index is 727. The molecule has 0 aliphatic carbocycles. The van der Waals surface area contributed by atoms with Crippen LogP contribution in [0.1, 0.15) is 36.8 Å². The summed E-state index contributed by atoms with van der Waals surface area (Å²) in [5.41, 5.74) is 3.46. The van der Waals surface area contributed by atoms with Gasteiger partial charge in [-0.05, 0) is 24.2 Å². The largest absolute Gasteiger partial charge is 0.469 e. The van der Waals surface area contributed by atoms with Crippen LogP contribution in [0.4, 0.5) is 0 Å². The van der Waals surface area contributed by atoms with Crippen LogP contribution in [-0.2, 0) is 6.42 Å². The van der Waals surface area contributed by atoms with E-state index in [-0.39, 0.29) is 6.04 Å². The van der Waals surface area contributed by atoms with Crippen molar-refractivity contribution in [3.63, 3.8) is 0 Å². The van der Waals surface area contributed by atoms with Crippen molar-refractivity contribution in [1.82, 2.24) is 10.3 Å². The van der Waals surface area contributed by atoms with Gasteiger partial charge in [0.15, 0.2) is 0 Å². The SMILES string of the molecule is CCNC(c1ccoc1CC)c1cccc2cccnc12. The van der Waals surface area contributed by atoms with Crippen LogP contribution >= 0.6 is 0 Å². The molecule has 0 spiro atoms. The molecule has 3 heteroatoms. The smallest absolute Gasteiger partial charge is 0.108 e. The predicted octanol–water partition coefficient (Wildman–Crippen LogP) is 4.09. The third-order valence-corrected chi connectivity index (χ3v) is 3.80. The Hall–Kier alpha value is -2.13. The minimum absolute atomic E-state index is 0.113. The molecule has 1 unspecified atom stereocenters. The summed E-state index contributed by atoms with van der Waals surface area (Å²) in [6.45, 7) is 5.13. The van der Waals surface area contributed by atoms with Crippen LogP contribution < -0.4 is 5.32 Å². The number of nitrogens with one attached hydrogen (secondary N) is 1. The fourth-order valence-electron chi connectivity index (χ4n) is 2.85. The quantitative estimate of drug-likeness (QED) is 0.765. The topological polar surface area (TPSA) is 38.1 Å². The molecule has 2 aromatic heterocycles. The lowest BCUT2D eigenvalue weighted by Crippen LogP contribution is -2.23. The fraction of sp³-hybridized carbons (Fsp3) is 0.278. The first-order chi connectivity index (χ1) is 10.3. The zero-order valence-corrected chi connectivity index (χ0v) is 12.5. The maximum absolute atomic E-state index is 5.61. The van der Waals surface area contributed by atoms with Crippen LogP contribution in [0, 0.1) is 0 Å². The average molecular weight is 280 g/mol. The molecule has 0 radical (unpaired) electrons. The highest BCUT2D eigenvalue weighted by atomic mass is 16.3. The number of fused-ring (bicyclic) bond motifs is 1. The minimum Gasteiger partial charge on any atom is -0.469 e. The van der Waals surface area contributed by atoms with Crippen molar-refractivity contribution in [2.75, 3.05) is 6.54 Å². The Kier molecular flexibility index (Phi) is 4.02. The van der Waals surface area contributed by atoms with Gasteiger partial charge in [-0.25, -0.2) is 0 Å². The van der Waals surface area contributed by atoms with Gasteiger partial charge >= 0.3 is 0 Å². The van der Waals surface area contributed by atoms with Crippen molar-refractivity contribution in [2.45, 2.75) is 26.3 Å². The Morgan fingerprint density at radius 3 is 2.76 bits per heavy atom. The molecule has 0 saturated carbocycles. The summed E-state index contributed by atoms with van der Waals surface area (Å²) in [7, 11) is 0. The van der Waals surface area contributed by atoms with Gasteiger partial charge < -0.3 is 9.73 Å². The van der Waals surface area contributed by atoms with Gasteiger partial charge in [0, 0.05) is 23.6 Å². The molecule has 2 heterocycles. The first-order valence-electron chi connectivity index (χ1n) is 7.48. The first kappa shape index (κ1) is 13.8. The van der Waals surface area contributed by atoms with Gasteiger partial charge in [0.05, 0.1) is 17.8 Å². The third kappa shape index (κ3) is 2.57. The van der Waals surface area contributed by atoms with Crippen molar-refractivity contribution < 1.29 is 4.42 Å². The Labute approximate surface area is 125 Å². The van der Waals surface area contributed by atoms with E-state index in [1.807, 2.05) is 12.3 Å². The van der Waals surface area contributed by atoms with E-state index in [1.54, 1.807) is 6.26 Å². The van der Waals surface area contributed by atoms with E-state index in [2.05, 4.69) is 54.5 Å². The maximum Gasteiger partial charge on any atom is 0.108 e. The standard InChI is InChI=1S/C18H20N2O/c1-3-16-14(10-12-21-16)18(19-4-2)15-9-5-7-13-8-6-11-20-17(13)15/h5-12,18-19H,3-4H2,1-2H3. The number of aromatic nitrogens is 1. The van der Waals surface area contributed by atoms with Crippen LogP contribution in [0.5, 0.6) is 0 Å². The summed E-state index contributed by atoms with van der Waals surface area (Å²) in [6, 6.07) is 12.6. The van der Waals surface area contributed by atoms with Crippen molar-refractivity contribution >= 4 is 10.9 Å².